The first-order valence-corrected chi connectivity index (χ1v) is 6.64. The van der Waals surface area contributed by atoms with Crippen LogP contribution >= 0.6 is 0 Å². The van der Waals surface area contributed by atoms with E-state index < -0.39 is 0 Å². The molecule has 1 aromatic carbocycles. The molecule has 96 valence electrons. The molecule has 0 saturated heterocycles. The van der Waals surface area contributed by atoms with Crippen molar-refractivity contribution in [2.45, 2.75) is 44.3 Å². The SMILES string of the molecule is CN(Cc1cccc(C#N)c1)C1CCCC(N)C1. The Kier molecular flexibility index (Phi) is 4.35. The van der Waals surface area contributed by atoms with Gasteiger partial charge in [-0.15, -0.1) is 0 Å². The second-order valence-corrected chi connectivity index (χ2v) is 5.31. The molecule has 0 radical (unpaired) electrons. The summed E-state index contributed by atoms with van der Waals surface area (Å²) >= 11 is 0. The lowest BCUT2D eigenvalue weighted by molar-refractivity contribution is 0.173. The van der Waals surface area contributed by atoms with Crippen LogP contribution in [0.25, 0.3) is 0 Å². The van der Waals surface area contributed by atoms with Crippen molar-refractivity contribution in [1.29, 1.82) is 5.26 Å². The highest BCUT2D eigenvalue weighted by Gasteiger charge is 2.22. The van der Waals surface area contributed by atoms with E-state index in [9.17, 15) is 0 Å². The van der Waals surface area contributed by atoms with Gasteiger partial charge in [-0.3, -0.25) is 4.90 Å². The van der Waals surface area contributed by atoms with Gasteiger partial charge < -0.3 is 5.73 Å². The molecular formula is C15H21N3. The minimum atomic E-state index is 0.358. The van der Waals surface area contributed by atoms with Crippen LogP contribution in [0.2, 0.25) is 0 Å². The number of rotatable bonds is 3. The van der Waals surface area contributed by atoms with Gasteiger partial charge in [-0.1, -0.05) is 18.6 Å². The number of nitrogens with two attached hydrogens (primary N) is 1. The van der Waals surface area contributed by atoms with Gasteiger partial charge in [-0.25, -0.2) is 0 Å². The van der Waals surface area contributed by atoms with Crippen LogP contribution in [0.15, 0.2) is 24.3 Å². The van der Waals surface area contributed by atoms with E-state index in [1.807, 2.05) is 18.2 Å². The molecule has 3 heteroatoms. The summed E-state index contributed by atoms with van der Waals surface area (Å²) in [4.78, 5) is 2.37. The van der Waals surface area contributed by atoms with Crippen molar-refractivity contribution in [2.24, 2.45) is 5.73 Å². The fraction of sp³-hybridized carbons (Fsp3) is 0.533. The van der Waals surface area contributed by atoms with Crippen LogP contribution in [0.1, 0.15) is 36.8 Å². The van der Waals surface area contributed by atoms with Gasteiger partial charge in [0.1, 0.15) is 0 Å². The summed E-state index contributed by atoms with van der Waals surface area (Å²) in [7, 11) is 2.15. The van der Waals surface area contributed by atoms with Crippen LogP contribution in [-0.2, 0) is 6.54 Å². The summed E-state index contributed by atoms with van der Waals surface area (Å²) in [6.07, 6.45) is 4.72. The molecule has 1 saturated carbocycles. The molecule has 1 aromatic rings. The molecule has 2 atom stereocenters. The lowest BCUT2D eigenvalue weighted by Gasteiger charge is -2.34. The molecule has 1 aliphatic rings. The Morgan fingerprint density at radius 1 is 1.44 bits per heavy atom. The molecule has 18 heavy (non-hydrogen) atoms. The quantitative estimate of drug-likeness (QED) is 0.886. The summed E-state index contributed by atoms with van der Waals surface area (Å²) < 4.78 is 0. The van der Waals surface area contributed by atoms with E-state index >= 15 is 0 Å². The number of hydrogen-bond donors (Lipinski definition) is 1. The maximum atomic E-state index is 8.90. The van der Waals surface area contributed by atoms with Crippen LogP contribution in [0.5, 0.6) is 0 Å². The third-order valence-electron chi connectivity index (χ3n) is 3.80. The summed E-state index contributed by atoms with van der Waals surface area (Å²) in [5.41, 5.74) is 7.97. The van der Waals surface area contributed by atoms with E-state index in [0.29, 0.717) is 12.1 Å². The van der Waals surface area contributed by atoms with Gasteiger partial charge in [0.15, 0.2) is 0 Å². The second kappa shape index (κ2) is 5.99. The van der Waals surface area contributed by atoms with Gasteiger partial charge in [-0.05, 0) is 44.0 Å². The maximum absolute atomic E-state index is 8.90. The summed E-state index contributed by atoms with van der Waals surface area (Å²) in [5, 5.41) is 8.90. The molecule has 0 spiro atoms. The highest BCUT2D eigenvalue weighted by molar-refractivity contribution is 5.32. The lowest BCUT2D eigenvalue weighted by atomic mass is 9.90. The Balaban J connectivity index is 1.97. The molecule has 2 unspecified atom stereocenters. The van der Waals surface area contributed by atoms with Crippen molar-refractivity contribution in [1.82, 2.24) is 4.90 Å². The molecule has 0 aromatic heterocycles. The molecule has 3 nitrogen and oxygen atoms in total. The minimum Gasteiger partial charge on any atom is -0.328 e. The zero-order chi connectivity index (χ0) is 13.0. The van der Waals surface area contributed by atoms with Crippen molar-refractivity contribution < 1.29 is 0 Å². The fourth-order valence-electron chi connectivity index (χ4n) is 2.76. The first-order valence-electron chi connectivity index (χ1n) is 6.64. The third-order valence-corrected chi connectivity index (χ3v) is 3.80. The summed E-state index contributed by atoms with van der Waals surface area (Å²) in [6, 6.07) is 11.0. The van der Waals surface area contributed by atoms with Crippen LogP contribution < -0.4 is 5.73 Å². The van der Waals surface area contributed by atoms with Crippen molar-refractivity contribution >= 4 is 0 Å². The zero-order valence-corrected chi connectivity index (χ0v) is 11.0. The van der Waals surface area contributed by atoms with Gasteiger partial charge in [-0.2, -0.15) is 5.26 Å². The maximum Gasteiger partial charge on any atom is 0.0991 e. The minimum absolute atomic E-state index is 0.358. The normalized spacial score (nSPS) is 23.9. The molecule has 2 N–H and O–H groups in total. The Labute approximate surface area is 109 Å². The highest BCUT2D eigenvalue weighted by atomic mass is 15.1. The highest BCUT2D eigenvalue weighted by Crippen LogP contribution is 2.22. The first kappa shape index (κ1) is 13.1. The standard InChI is InChI=1S/C15H21N3/c1-18(15-7-3-6-14(17)9-15)11-13-5-2-4-12(8-13)10-16/h2,4-5,8,14-15H,3,6-7,9,11,17H2,1H3. The van der Waals surface area contributed by atoms with Crippen molar-refractivity contribution in [3.05, 3.63) is 35.4 Å². The summed E-state index contributed by atoms with van der Waals surface area (Å²) in [6.45, 7) is 0.896. The van der Waals surface area contributed by atoms with Crippen molar-refractivity contribution in [2.75, 3.05) is 7.05 Å². The third kappa shape index (κ3) is 3.32. The Bertz CT molecular complexity index is 436. The predicted molar refractivity (Wildman–Crippen MR) is 72.9 cm³/mol. The lowest BCUT2D eigenvalue weighted by Crippen LogP contribution is -2.40. The predicted octanol–water partition coefficient (Wildman–Crippen LogP) is 2.26. The second-order valence-electron chi connectivity index (χ2n) is 5.31. The van der Waals surface area contributed by atoms with E-state index in [1.54, 1.807) is 0 Å². The monoisotopic (exact) mass is 243 g/mol. The van der Waals surface area contributed by atoms with E-state index in [1.165, 1.54) is 18.4 Å². The van der Waals surface area contributed by atoms with E-state index in [2.05, 4.69) is 24.1 Å². The zero-order valence-electron chi connectivity index (χ0n) is 11.0. The Morgan fingerprint density at radius 3 is 3.00 bits per heavy atom. The average molecular weight is 243 g/mol. The molecule has 0 heterocycles. The smallest absolute Gasteiger partial charge is 0.0991 e. The fourth-order valence-corrected chi connectivity index (χ4v) is 2.76. The number of benzene rings is 1. The van der Waals surface area contributed by atoms with Crippen LogP contribution in [0, 0.1) is 11.3 Å². The number of nitrogens with zero attached hydrogens (tertiary/aromatic N) is 2. The Morgan fingerprint density at radius 2 is 2.28 bits per heavy atom. The van der Waals surface area contributed by atoms with Crippen molar-refractivity contribution in [3.63, 3.8) is 0 Å². The molecule has 1 aliphatic carbocycles. The van der Waals surface area contributed by atoms with Crippen LogP contribution in [0.4, 0.5) is 0 Å². The molecule has 1 fully saturated rings. The van der Waals surface area contributed by atoms with Gasteiger partial charge in [0.05, 0.1) is 11.6 Å². The molecule has 0 amide bonds. The largest absolute Gasteiger partial charge is 0.328 e. The van der Waals surface area contributed by atoms with E-state index in [-0.39, 0.29) is 0 Å². The van der Waals surface area contributed by atoms with Crippen LogP contribution in [-0.4, -0.2) is 24.0 Å². The molecule has 0 aliphatic heterocycles. The van der Waals surface area contributed by atoms with Gasteiger partial charge in [0, 0.05) is 18.6 Å². The first-order chi connectivity index (χ1) is 8.69. The average Bonchev–Trinajstić information content (AvgIpc) is 2.39. The van der Waals surface area contributed by atoms with Crippen LogP contribution in [0.3, 0.4) is 0 Å². The number of nitriles is 1. The molecular weight excluding hydrogens is 222 g/mol. The van der Waals surface area contributed by atoms with Gasteiger partial charge >= 0.3 is 0 Å². The topological polar surface area (TPSA) is 53.0 Å². The molecule has 0 bridgehead atoms. The summed E-state index contributed by atoms with van der Waals surface area (Å²) in [5.74, 6) is 0. The van der Waals surface area contributed by atoms with E-state index in [0.717, 1.165) is 24.9 Å². The Hall–Kier alpha value is -1.37. The van der Waals surface area contributed by atoms with Gasteiger partial charge in [0.25, 0.3) is 0 Å². The molecule has 2 rings (SSSR count). The van der Waals surface area contributed by atoms with E-state index in [4.69, 9.17) is 11.0 Å². The van der Waals surface area contributed by atoms with Gasteiger partial charge in [0.2, 0.25) is 0 Å². The number of hydrogen-bond acceptors (Lipinski definition) is 3. The van der Waals surface area contributed by atoms with Crippen molar-refractivity contribution in [3.8, 4) is 6.07 Å².